The molecule has 1 aromatic carbocycles. The number of aromatic nitrogens is 2. The van der Waals surface area contributed by atoms with Gasteiger partial charge in [0.25, 0.3) is 0 Å². The molecule has 4 rings (SSSR count). The highest BCUT2D eigenvalue weighted by Gasteiger charge is 2.23. The Kier molecular flexibility index (Phi) is 4.45. The molecule has 3 aromatic rings. The van der Waals surface area contributed by atoms with Crippen molar-refractivity contribution in [1.82, 2.24) is 19.8 Å². The summed E-state index contributed by atoms with van der Waals surface area (Å²) in [5.41, 5.74) is 4.77. The van der Waals surface area contributed by atoms with Crippen molar-refractivity contribution in [1.29, 1.82) is 0 Å². The average molecular weight is 350 g/mol. The molecule has 2 aromatic heterocycles. The summed E-state index contributed by atoms with van der Waals surface area (Å²) in [6, 6.07) is 11.0. The summed E-state index contributed by atoms with van der Waals surface area (Å²) < 4.78 is 2.26. The molecule has 0 bridgehead atoms. The van der Waals surface area contributed by atoms with E-state index >= 15 is 0 Å². The number of piperidine rings is 1. The maximum Gasteiger partial charge on any atom is 0.317 e. The lowest BCUT2D eigenvalue weighted by molar-refractivity contribution is 0.171. The van der Waals surface area contributed by atoms with Crippen LogP contribution in [0.25, 0.3) is 10.9 Å². The van der Waals surface area contributed by atoms with Crippen molar-refractivity contribution < 1.29 is 4.79 Å². The first kappa shape index (κ1) is 16.8. The molecule has 0 unspecified atom stereocenters. The van der Waals surface area contributed by atoms with Crippen LogP contribution in [0.3, 0.4) is 0 Å². The highest BCUT2D eigenvalue weighted by Crippen LogP contribution is 2.23. The number of hydrogen-bond acceptors (Lipinski definition) is 1. The third kappa shape index (κ3) is 3.21. The number of H-pyrrole nitrogens is 1. The first-order valence-corrected chi connectivity index (χ1v) is 9.35. The van der Waals surface area contributed by atoms with Crippen molar-refractivity contribution in [3.63, 3.8) is 0 Å². The van der Waals surface area contributed by atoms with Gasteiger partial charge in [-0.15, -0.1) is 0 Å². The summed E-state index contributed by atoms with van der Waals surface area (Å²) in [6.45, 7) is 6.41. The largest absolute Gasteiger partial charge is 0.358 e. The van der Waals surface area contributed by atoms with Crippen LogP contribution < -0.4 is 5.32 Å². The van der Waals surface area contributed by atoms with Crippen LogP contribution in [0.4, 0.5) is 4.79 Å². The lowest BCUT2D eigenvalue weighted by atomic mass is 10.1. The van der Waals surface area contributed by atoms with Gasteiger partial charge < -0.3 is 19.8 Å². The number of likely N-dealkylation sites (tertiary alicyclic amines) is 1. The number of fused-ring (bicyclic) bond motifs is 1. The molecule has 0 atom stereocenters. The van der Waals surface area contributed by atoms with Crippen LogP contribution in [-0.4, -0.2) is 33.6 Å². The highest BCUT2D eigenvalue weighted by molar-refractivity contribution is 5.85. The molecule has 5 heteroatoms. The fraction of sp³-hybridized carbons (Fsp3) is 0.381. The van der Waals surface area contributed by atoms with E-state index in [1.54, 1.807) is 0 Å². The van der Waals surface area contributed by atoms with Crippen LogP contribution in [0.5, 0.6) is 0 Å². The van der Waals surface area contributed by atoms with E-state index in [1.807, 2.05) is 4.90 Å². The number of nitrogens with one attached hydrogen (secondary N) is 2. The van der Waals surface area contributed by atoms with E-state index in [-0.39, 0.29) is 6.03 Å². The van der Waals surface area contributed by atoms with Crippen LogP contribution in [0.2, 0.25) is 0 Å². The minimum Gasteiger partial charge on any atom is -0.358 e. The molecule has 26 heavy (non-hydrogen) atoms. The van der Waals surface area contributed by atoms with Gasteiger partial charge in [-0.25, -0.2) is 4.79 Å². The molecule has 2 N–H and O–H groups in total. The van der Waals surface area contributed by atoms with Crippen molar-refractivity contribution in [2.75, 3.05) is 13.1 Å². The topological polar surface area (TPSA) is 53.1 Å². The van der Waals surface area contributed by atoms with Crippen molar-refractivity contribution in [2.45, 2.75) is 39.3 Å². The summed E-state index contributed by atoms with van der Waals surface area (Å²) in [7, 11) is 0. The molecule has 0 radical (unpaired) electrons. The Morgan fingerprint density at radius 2 is 1.92 bits per heavy atom. The Hall–Kier alpha value is -2.69. The summed E-state index contributed by atoms with van der Waals surface area (Å²) in [6.07, 6.45) is 6.24. The minimum atomic E-state index is 0.0398. The quantitative estimate of drug-likeness (QED) is 0.733. The van der Waals surface area contributed by atoms with Gasteiger partial charge >= 0.3 is 6.03 Å². The number of amides is 2. The Morgan fingerprint density at radius 3 is 2.65 bits per heavy atom. The van der Waals surface area contributed by atoms with Crippen LogP contribution in [0.15, 0.2) is 42.7 Å². The molecule has 5 nitrogen and oxygen atoms in total. The smallest absolute Gasteiger partial charge is 0.317 e. The highest BCUT2D eigenvalue weighted by atomic mass is 16.2. The maximum absolute atomic E-state index is 12.5. The minimum absolute atomic E-state index is 0.0398. The number of urea groups is 1. The Bertz CT molecular complexity index is 902. The second-order valence-electron chi connectivity index (χ2n) is 7.26. The summed E-state index contributed by atoms with van der Waals surface area (Å²) in [5, 5.41) is 4.32. The molecule has 0 saturated carbocycles. The SMILES string of the molecule is Cc1[nH]c2ccc(CNC(=O)N3CCC(n4cccc4)CC3)cc2c1C. The summed E-state index contributed by atoms with van der Waals surface area (Å²) in [4.78, 5) is 17.8. The van der Waals surface area contributed by atoms with Gasteiger partial charge in [-0.1, -0.05) is 6.07 Å². The molecule has 3 heterocycles. The molecule has 1 aliphatic rings. The van der Waals surface area contributed by atoms with Crippen molar-refractivity contribution in [3.05, 3.63) is 59.5 Å². The molecule has 136 valence electrons. The predicted molar refractivity (Wildman–Crippen MR) is 104 cm³/mol. The van der Waals surface area contributed by atoms with Gasteiger partial charge in [0.15, 0.2) is 0 Å². The number of benzene rings is 1. The fourth-order valence-corrected chi connectivity index (χ4v) is 3.87. The van der Waals surface area contributed by atoms with Gasteiger partial charge in [0, 0.05) is 54.7 Å². The van der Waals surface area contributed by atoms with Crippen LogP contribution >= 0.6 is 0 Å². The lowest BCUT2D eigenvalue weighted by Crippen LogP contribution is -2.44. The van der Waals surface area contributed by atoms with E-state index in [2.05, 4.69) is 71.4 Å². The second kappa shape index (κ2) is 6.90. The number of aryl methyl sites for hydroxylation is 2. The van der Waals surface area contributed by atoms with Crippen molar-refractivity contribution in [2.24, 2.45) is 0 Å². The summed E-state index contributed by atoms with van der Waals surface area (Å²) >= 11 is 0. The standard InChI is InChI=1S/C21H26N4O/c1-15-16(2)23-20-6-5-17(13-19(15)20)14-22-21(26)25-11-7-18(8-12-25)24-9-3-4-10-24/h3-6,9-10,13,18,23H,7-8,11-12,14H2,1-2H3,(H,22,26). The van der Waals surface area contributed by atoms with Gasteiger partial charge in [-0.3, -0.25) is 0 Å². The van der Waals surface area contributed by atoms with Crippen molar-refractivity contribution >= 4 is 16.9 Å². The molecule has 1 saturated heterocycles. The van der Waals surface area contributed by atoms with Gasteiger partial charge in [-0.05, 0) is 62.1 Å². The zero-order chi connectivity index (χ0) is 18.1. The van der Waals surface area contributed by atoms with E-state index in [0.29, 0.717) is 12.6 Å². The maximum atomic E-state index is 12.5. The van der Waals surface area contributed by atoms with E-state index < -0.39 is 0 Å². The monoisotopic (exact) mass is 350 g/mol. The Balaban J connectivity index is 1.33. The third-order valence-electron chi connectivity index (χ3n) is 5.62. The Labute approximate surface area is 154 Å². The molecule has 0 spiro atoms. The molecular weight excluding hydrogens is 324 g/mol. The van der Waals surface area contributed by atoms with Gasteiger partial charge in [-0.2, -0.15) is 0 Å². The average Bonchev–Trinajstić information content (AvgIpc) is 3.29. The van der Waals surface area contributed by atoms with Crippen LogP contribution in [0, 0.1) is 13.8 Å². The van der Waals surface area contributed by atoms with E-state index in [0.717, 1.165) is 37.0 Å². The third-order valence-corrected chi connectivity index (χ3v) is 5.62. The van der Waals surface area contributed by atoms with Crippen LogP contribution in [-0.2, 0) is 6.54 Å². The van der Waals surface area contributed by atoms with Crippen molar-refractivity contribution in [3.8, 4) is 0 Å². The molecule has 0 aliphatic carbocycles. The number of nitrogens with zero attached hydrogens (tertiary/aromatic N) is 2. The van der Waals surface area contributed by atoms with Gasteiger partial charge in [0.05, 0.1) is 0 Å². The second-order valence-corrected chi connectivity index (χ2v) is 7.26. The number of carbonyl (C=O) groups excluding carboxylic acids is 1. The number of rotatable bonds is 3. The lowest BCUT2D eigenvalue weighted by Gasteiger charge is -2.32. The zero-order valence-electron chi connectivity index (χ0n) is 15.5. The van der Waals surface area contributed by atoms with E-state index in [9.17, 15) is 4.79 Å². The first-order valence-electron chi connectivity index (χ1n) is 9.35. The molecule has 1 fully saturated rings. The number of hydrogen-bond donors (Lipinski definition) is 2. The van der Waals surface area contributed by atoms with E-state index in [1.165, 1.54) is 16.6 Å². The fourth-order valence-electron chi connectivity index (χ4n) is 3.87. The normalized spacial score (nSPS) is 15.5. The number of carbonyl (C=O) groups is 1. The van der Waals surface area contributed by atoms with Gasteiger partial charge in [0.1, 0.15) is 0 Å². The number of aromatic amines is 1. The summed E-state index contributed by atoms with van der Waals surface area (Å²) in [5.74, 6) is 0. The Morgan fingerprint density at radius 1 is 1.19 bits per heavy atom. The first-order chi connectivity index (χ1) is 12.6. The molecule has 2 amide bonds. The van der Waals surface area contributed by atoms with Crippen LogP contribution in [0.1, 0.15) is 35.7 Å². The predicted octanol–water partition coefficient (Wildman–Crippen LogP) is 4.13. The van der Waals surface area contributed by atoms with E-state index in [4.69, 9.17) is 0 Å². The molecule has 1 aliphatic heterocycles. The van der Waals surface area contributed by atoms with Gasteiger partial charge in [0.2, 0.25) is 0 Å². The zero-order valence-corrected chi connectivity index (χ0v) is 15.5. The molecular formula is C21H26N4O.